The van der Waals surface area contributed by atoms with Crippen LogP contribution in [-0.4, -0.2) is 15.6 Å². The molecule has 8 heteroatoms. The molecule has 108 valence electrons. The summed E-state index contributed by atoms with van der Waals surface area (Å²) in [7, 11) is 0. The van der Waals surface area contributed by atoms with E-state index in [0.717, 1.165) is 0 Å². The minimum Gasteiger partial charge on any atom is -0.381 e. The molecule has 21 heavy (non-hydrogen) atoms. The summed E-state index contributed by atoms with van der Waals surface area (Å²) in [4.78, 5) is 12.1. The minimum atomic E-state index is -0.294. The van der Waals surface area contributed by atoms with Gasteiger partial charge in [-0.25, -0.2) is 4.68 Å². The van der Waals surface area contributed by atoms with Gasteiger partial charge in [-0.1, -0.05) is 41.7 Å². The number of aromatic nitrogens is 2. The molecule has 1 heterocycles. The number of carbonyl (C=O) groups is 1. The van der Waals surface area contributed by atoms with Gasteiger partial charge in [-0.05, 0) is 12.1 Å². The van der Waals surface area contributed by atoms with Crippen molar-refractivity contribution >= 4 is 46.4 Å². The number of halogens is 3. The third-order valence-electron chi connectivity index (χ3n) is 2.80. The lowest BCUT2D eigenvalue weighted by molar-refractivity contribution is 0.0980. The lowest BCUT2D eigenvalue weighted by Gasteiger charge is -2.10. The maximum Gasteiger partial charge on any atom is 0.182 e. The Bertz CT molecular complexity index is 753. The molecule has 2 rings (SSSR count). The van der Waals surface area contributed by atoms with Crippen molar-refractivity contribution in [2.45, 2.75) is 13.3 Å². The lowest BCUT2D eigenvalue weighted by atomic mass is 10.1. The smallest absolute Gasteiger partial charge is 0.182 e. The van der Waals surface area contributed by atoms with E-state index in [2.05, 4.69) is 5.10 Å². The average Bonchev–Trinajstić information content (AvgIpc) is 2.73. The molecule has 0 unspecified atom stereocenters. The molecule has 0 saturated heterocycles. The van der Waals surface area contributed by atoms with Gasteiger partial charge in [0.25, 0.3) is 0 Å². The second kappa shape index (κ2) is 5.94. The van der Waals surface area contributed by atoms with E-state index in [-0.39, 0.29) is 45.0 Å². The molecular weight excluding hydrogens is 335 g/mol. The molecule has 1 aromatic carbocycles. The second-order valence-electron chi connectivity index (χ2n) is 4.13. The molecule has 5 nitrogen and oxygen atoms in total. The first-order valence-corrected chi connectivity index (χ1v) is 7.00. The Morgan fingerprint density at radius 1 is 1.38 bits per heavy atom. The van der Waals surface area contributed by atoms with E-state index in [4.69, 9.17) is 45.8 Å². The van der Waals surface area contributed by atoms with Crippen molar-refractivity contribution in [3.8, 4) is 11.8 Å². The Hall–Kier alpha value is -1.74. The standard InChI is InChI=1S/C13H9Cl3N4O/c1-2-10(21)11-7(5-17)13(18)19-20(11)12-8(15)3-6(14)4-9(12)16/h3-4H,2H2,1H3,(H2,18,19). The fraction of sp³-hybridized carbons (Fsp3) is 0.154. The van der Waals surface area contributed by atoms with Crippen LogP contribution in [0.1, 0.15) is 29.4 Å². The van der Waals surface area contributed by atoms with Gasteiger partial charge in [0.2, 0.25) is 0 Å². The SMILES string of the molecule is CCC(=O)c1c(C#N)c(N)nn1-c1c(Cl)cc(Cl)cc1Cl. The number of hydrogen-bond donors (Lipinski definition) is 1. The molecular formula is C13H9Cl3N4O. The number of hydrogen-bond acceptors (Lipinski definition) is 4. The summed E-state index contributed by atoms with van der Waals surface area (Å²) in [6, 6.07) is 4.81. The molecule has 0 fully saturated rings. The normalized spacial score (nSPS) is 10.4. The van der Waals surface area contributed by atoms with Crippen molar-refractivity contribution in [3.05, 3.63) is 38.5 Å². The van der Waals surface area contributed by atoms with Gasteiger partial charge in [-0.2, -0.15) is 5.26 Å². The quantitative estimate of drug-likeness (QED) is 0.857. The third-order valence-corrected chi connectivity index (χ3v) is 3.60. The molecule has 0 atom stereocenters. The molecule has 2 N–H and O–H groups in total. The molecule has 1 aromatic heterocycles. The number of nitrogens with two attached hydrogens (primary N) is 1. The first-order valence-electron chi connectivity index (χ1n) is 5.87. The van der Waals surface area contributed by atoms with Gasteiger partial charge in [0.15, 0.2) is 11.6 Å². The lowest BCUT2D eigenvalue weighted by Crippen LogP contribution is -2.10. The van der Waals surface area contributed by atoms with Crippen LogP contribution in [0.2, 0.25) is 15.1 Å². The highest BCUT2D eigenvalue weighted by Crippen LogP contribution is 2.34. The summed E-state index contributed by atoms with van der Waals surface area (Å²) in [6.45, 7) is 1.67. The third kappa shape index (κ3) is 2.70. The van der Waals surface area contributed by atoms with Gasteiger partial charge in [0.1, 0.15) is 23.0 Å². The summed E-state index contributed by atoms with van der Waals surface area (Å²) in [5.74, 6) is -0.353. The van der Waals surface area contributed by atoms with Crippen LogP contribution in [0.25, 0.3) is 5.69 Å². The Labute approximate surface area is 135 Å². The zero-order valence-corrected chi connectivity index (χ0v) is 13.1. The first-order chi connectivity index (χ1) is 9.90. The van der Waals surface area contributed by atoms with E-state index in [9.17, 15) is 4.79 Å². The topological polar surface area (TPSA) is 84.7 Å². The molecule has 0 amide bonds. The van der Waals surface area contributed by atoms with Crippen molar-refractivity contribution in [3.63, 3.8) is 0 Å². The maximum absolute atomic E-state index is 12.1. The van der Waals surface area contributed by atoms with E-state index in [1.165, 1.54) is 16.8 Å². The number of anilines is 1. The van der Waals surface area contributed by atoms with Crippen LogP contribution in [-0.2, 0) is 0 Å². The van der Waals surface area contributed by atoms with Crippen molar-refractivity contribution in [1.82, 2.24) is 9.78 Å². The zero-order valence-electron chi connectivity index (χ0n) is 10.8. The maximum atomic E-state index is 12.1. The van der Waals surface area contributed by atoms with Gasteiger partial charge < -0.3 is 5.73 Å². The molecule has 0 aliphatic heterocycles. The second-order valence-corrected chi connectivity index (χ2v) is 5.38. The highest BCUT2D eigenvalue weighted by Gasteiger charge is 2.24. The average molecular weight is 344 g/mol. The molecule has 0 radical (unpaired) electrons. The highest BCUT2D eigenvalue weighted by atomic mass is 35.5. The fourth-order valence-corrected chi connectivity index (χ4v) is 2.85. The molecule has 2 aromatic rings. The summed E-state index contributed by atoms with van der Waals surface area (Å²) >= 11 is 18.1. The largest absolute Gasteiger partial charge is 0.381 e. The predicted molar refractivity (Wildman–Crippen MR) is 82.3 cm³/mol. The van der Waals surface area contributed by atoms with Crippen LogP contribution >= 0.6 is 34.8 Å². The highest BCUT2D eigenvalue weighted by molar-refractivity contribution is 6.40. The molecule has 0 bridgehead atoms. The van der Waals surface area contributed by atoms with Crippen LogP contribution in [0, 0.1) is 11.3 Å². The summed E-state index contributed by atoms with van der Waals surface area (Å²) in [5.41, 5.74) is 6.01. The molecule has 0 aliphatic rings. The Morgan fingerprint density at radius 2 is 1.95 bits per heavy atom. The van der Waals surface area contributed by atoms with Crippen molar-refractivity contribution in [2.24, 2.45) is 0 Å². The Morgan fingerprint density at radius 3 is 2.43 bits per heavy atom. The summed E-state index contributed by atoms with van der Waals surface area (Å²) in [5, 5.41) is 13.9. The number of benzene rings is 1. The number of carbonyl (C=O) groups excluding carboxylic acids is 1. The molecule has 0 saturated carbocycles. The summed E-state index contributed by atoms with van der Waals surface area (Å²) in [6.07, 6.45) is 0.183. The number of Topliss-reactive ketones (excluding diaryl/α,β-unsaturated/α-hetero) is 1. The van der Waals surface area contributed by atoms with Crippen LogP contribution < -0.4 is 5.73 Å². The molecule has 0 spiro atoms. The van der Waals surface area contributed by atoms with Crippen LogP contribution in [0.4, 0.5) is 5.82 Å². The number of nitrogens with zero attached hydrogens (tertiary/aromatic N) is 3. The minimum absolute atomic E-state index is 0.00364. The van der Waals surface area contributed by atoms with Crippen LogP contribution in [0.5, 0.6) is 0 Å². The summed E-state index contributed by atoms with van der Waals surface area (Å²) < 4.78 is 1.20. The van der Waals surface area contributed by atoms with Gasteiger partial charge in [-0.3, -0.25) is 4.79 Å². The Kier molecular flexibility index (Phi) is 4.43. The number of rotatable bonds is 3. The van der Waals surface area contributed by atoms with Gasteiger partial charge in [0.05, 0.1) is 10.0 Å². The van der Waals surface area contributed by atoms with E-state index in [1.807, 2.05) is 6.07 Å². The fourth-order valence-electron chi connectivity index (χ4n) is 1.87. The van der Waals surface area contributed by atoms with Crippen molar-refractivity contribution in [1.29, 1.82) is 5.26 Å². The van der Waals surface area contributed by atoms with E-state index in [0.29, 0.717) is 5.02 Å². The first kappa shape index (κ1) is 15.6. The van der Waals surface area contributed by atoms with E-state index >= 15 is 0 Å². The zero-order chi connectivity index (χ0) is 15.7. The van der Waals surface area contributed by atoms with Gasteiger partial charge in [0, 0.05) is 11.4 Å². The van der Waals surface area contributed by atoms with Crippen molar-refractivity contribution < 1.29 is 4.79 Å². The van der Waals surface area contributed by atoms with E-state index in [1.54, 1.807) is 6.92 Å². The monoisotopic (exact) mass is 342 g/mol. The van der Waals surface area contributed by atoms with Crippen molar-refractivity contribution in [2.75, 3.05) is 5.73 Å². The van der Waals surface area contributed by atoms with E-state index < -0.39 is 0 Å². The Balaban J connectivity index is 2.83. The van der Waals surface area contributed by atoms with Crippen LogP contribution in [0.15, 0.2) is 12.1 Å². The van der Waals surface area contributed by atoms with Crippen LogP contribution in [0.3, 0.4) is 0 Å². The predicted octanol–water partition coefficient (Wildman–Crippen LogP) is 3.88. The number of ketones is 1. The molecule has 0 aliphatic carbocycles. The van der Waals surface area contributed by atoms with Gasteiger partial charge in [-0.15, -0.1) is 5.10 Å². The van der Waals surface area contributed by atoms with Gasteiger partial charge >= 0.3 is 0 Å². The number of nitriles is 1. The number of nitrogen functional groups attached to an aromatic ring is 1.